The van der Waals surface area contributed by atoms with Crippen molar-refractivity contribution in [2.45, 2.75) is 29.6 Å². The Bertz CT molecular complexity index is 736. The quantitative estimate of drug-likeness (QED) is 0.149. The fourth-order valence-electron chi connectivity index (χ4n) is 3.47. The van der Waals surface area contributed by atoms with Gasteiger partial charge in [-0.25, -0.2) is 4.98 Å². The van der Waals surface area contributed by atoms with Gasteiger partial charge in [0.05, 0.1) is 13.2 Å². The summed E-state index contributed by atoms with van der Waals surface area (Å²) in [5, 5.41) is 8.98. The van der Waals surface area contributed by atoms with Gasteiger partial charge < -0.3 is 15.4 Å². The van der Waals surface area contributed by atoms with Crippen molar-refractivity contribution in [2.75, 3.05) is 46.1 Å². The van der Waals surface area contributed by atoms with Crippen molar-refractivity contribution in [3.8, 4) is 5.75 Å². The van der Waals surface area contributed by atoms with Crippen LogP contribution in [0.1, 0.15) is 30.9 Å². The van der Waals surface area contributed by atoms with E-state index >= 15 is 0 Å². The summed E-state index contributed by atoms with van der Waals surface area (Å²) in [6, 6.07) is 8.78. The van der Waals surface area contributed by atoms with Gasteiger partial charge in [-0.05, 0) is 50.0 Å². The number of methoxy groups -OCH3 is 1. The van der Waals surface area contributed by atoms with Crippen molar-refractivity contribution in [1.29, 1.82) is 0 Å². The summed E-state index contributed by atoms with van der Waals surface area (Å²) in [4.78, 5) is 11.3. The number of nitrogens with one attached hydrogen (secondary N) is 2. The van der Waals surface area contributed by atoms with Gasteiger partial charge in [-0.2, -0.15) is 0 Å². The number of nitrogens with zero attached hydrogens (tertiary/aromatic N) is 3. The molecule has 1 aromatic carbocycles. The van der Waals surface area contributed by atoms with Crippen molar-refractivity contribution < 1.29 is 4.74 Å². The number of hydrogen-bond donors (Lipinski definition) is 2. The summed E-state index contributed by atoms with van der Waals surface area (Å²) in [6.07, 6.45) is 5.47. The number of ether oxygens (including phenoxy) is 1. The molecule has 1 aliphatic rings. The highest BCUT2D eigenvalue weighted by molar-refractivity contribution is 14.0. The predicted molar refractivity (Wildman–Crippen MR) is 139 cm³/mol. The van der Waals surface area contributed by atoms with Crippen LogP contribution in [0.3, 0.4) is 0 Å². The van der Waals surface area contributed by atoms with Crippen LogP contribution in [0.2, 0.25) is 0 Å². The summed E-state index contributed by atoms with van der Waals surface area (Å²) in [5.74, 6) is 2.82. The van der Waals surface area contributed by atoms with Crippen LogP contribution in [0.4, 0.5) is 0 Å². The summed E-state index contributed by atoms with van der Waals surface area (Å²) in [6.45, 7) is 4.03. The van der Waals surface area contributed by atoms with Gasteiger partial charge in [-0.3, -0.25) is 9.89 Å². The molecule has 0 bridgehead atoms. The average molecular weight is 562 g/mol. The van der Waals surface area contributed by atoms with Crippen LogP contribution in [0.25, 0.3) is 0 Å². The number of aliphatic imine (C=N–C) groups is 1. The molecule has 30 heavy (non-hydrogen) atoms. The van der Waals surface area contributed by atoms with E-state index in [0.29, 0.717) is 6.04 Å². The molecule has 0 spiro atoms. The normalized spacial score (nSPS) is 15.5. The first-order valence-electron chi connectivity index (χ1n) is 10.1. The van der Waals surface area contributed by atoms with Crippen molar-refractivity contribution in [1.82, 2.24) is 20.5 Å². The zero-order valence-corrected chi connectivity index (χ0v) is 21.6. The second-order valence-electron chi connectivity index (χ2n) is 6.91. The standard InChI is InChI=1S/C21H31N5OS2.HI/c1-22-20(23-10-5-14-28-21-24-11-15-29-21)25-16-19(26-12-3-4-13-26)17-6-8-18(27-2)9-7-17;/h6-9,11,15,19H,3-5,10,12-14,16H2,1-2H3,(H2,22,23,25);1H. The molecule has 0 radical (unpaired) electrons. The molecule has 3 rings (SSSR count). The second kappa shape index (κ2) is 14.1. The number of hydrogen-bond acceptors (Lipinski definition) is 6. The van der Waals surface area contributed by atoms with E-state index in [9.17, 15) is 0 Å². The van der Waals surface area contributed by atoms with E-state index in [-0.39, 0.29) is 24.0 Å². The molecule has 6 nitrogen and oxygen atoms in total. The van der Waals surface area contributed by atoms with Crippen LogP contribution in [0, 0.1) is 0 Å². The zero-order valence-electron chi connectivity index (χ0n) is 17.7. The Kier molecular flexibility index (Phi) is 11.9. The van der Waals surface area contributed by atoms with Crippen molar-refractivity contribution in [2.24, 2.45) is 4.99 Å². The van der Waals surface area contributed by atoms with Gasteiger partial charge >= 0.3 is 0 Å². The molecule has 9 heteroatoms. The number of benzene rings is 1. The van der Waals surface area contributed by atoms with Gasteiger partial charge in [0, 0.05) is 37.5 Å². The summed E-state index contributed by atoms with van der Waals surface area (Å²) in [5.41, 5.74) is 1.32. The second-order valence-corrected chi connectivity index (χ2v) is 9.15. The molecule has 1 fully saturated rings. The number of guanidine groups is 1. The first kappa shape index (κ1) is 25.2. The highest BCUT2D eigenvalue weighted by Gasteiger charge is 2.23. The SMILES string of the molecule is CN=C(NCCCSc1nccs1)NCC(c1ccc(OC)cc1)N1CCCC1.I. The molecule has 2 N–H and O–H groups in total. The molecule has 0 aliphatic carbocycles. The Morgan fingerprint density at radius 1 is 1.27 bits per heavy atom. The van der Waals surface area contributed by atoms with Gasteiger partial charge in [-0.15, -0.1) is 35.3 Å². The molecular formula is C21H32IN5OS2. The molecule has 1 saturated heterocycles. The predicted octanol–water partition coefficient (Wildman–Crippen LogP) is 4.25. The smallest absolute Gasteiger partial charge is 0.191 e. The third kappa shape index (κ3) is 7.90. The minimum Gasteiger partial charge on any atom is -0.497 e. The van der Waals surface area contributed by atoms with Gasteiger partial charge in [0.15, 0.2) is 5.96 Å². The summed E-state index contributed by atoms with van der Waals surface area (Å²) in [7, 11) is 3.54. The lowest BCUT2D eigenvalue weighted by Gasteiger charge is -2.29. The lowest BCUT2D eigenvalue weighted by atomic mass is 10.1. The van der Waals surface area contributed by atoms with Gasteiger partial charge in [0.2, 0.25) is 0 Å². The van der Waals surface area contributed by atoms with E-state index in [2.05, 4.69) is 37.6 Å². The Morgan fingerprint density at radius 3 is 2.67 bits per heavy atom. The van der Waals surface area contributed by atoms with Crippen molar-refractivity contribution in [3.05, 3.63) is 41.4 Å². The maximum absolute atomic E-state index is 5.31. The Hall–Kier alpha value is -1.04. The van der Waals surface area contributed by atoms with Crippen LogP contribution in [0.15, 0.2) is 45.2 Å². The molecule has 0 amide bonds. The Labute approximate surface area is 205 Å². The molecule has 2 aromatic rings. The number of thiazole rings is 1. The van der Waals surface area contributed by atoms with E-state index in [1.807, 2.05) is 42.5 Å². The third-order valence-corrected chi connectivity index (χ3v) is 7.07. The van der Waals surface area contributed by atoms with E-state index in [1.165, 1.54) is 18.4 Å². The fourth-order valence-corrected chi connectivity index (χ4v) is 5.12. The maximum Gasteiger partial charge on any atom is 0.191 e. The Balaban J connectivity index is 0.00000320. The third-order valence-electron chi connectivity index (χ3n) is 5.02. The molecule has 1 aromatic heterocycles. The van der Waals surface area contributed by atoms with Gasteiger partial charge in [-0.1, -0.05) is 23.9 Å². The molecule has 1 aliphatic heterocycles. The highest BCUT2D eigenvalue weighted by atomic mass is 127. The maximum atomic E-state index is 5.31. The minimum atomic E-state index is 0. The van der Waals surface area contributed by atoms with E-state index in [4.69, 9.17) is 4.74 Å². The minimum absolute atomic E-state index is 0. The first-order chi connectivity index (χ1) is 14.3. The first-order valence-corrected chi connectivity index (χ1v) is 12.0. The molecule has 1 unspecified atom stereocenters. The highest BCUT2D eigenvalue weighted by Crippen LogP contribution is 2.26. The molecular weight excluding hydrogens is 529 g/mol. The molecule has 0 saturated carbocycles. The van der Waals surface area contributed by atoms with Crippen LogP contribution in [-0.2, 0) is 0 Å². The lowest BCUT2D eigenvalue weighted by Crippen LogP contribution is -2.43. The van der Waals surface area contributed by atoms with Gasteiger partial charge in [0.25, 0.3) is 0 Å². The average Bonchev–Trinajstić information content (AvgIpc) is 3.47. The number of halogens is 1. The van der Waals surface area contributed by atoms with Crippen LogP contribution in [-0.4, -0.2) is 61.9 Å². The van der Waals surface area contributed by atoms with E-state index in [0.717, 1.165) is 54.4 Å². The number of likely N-dealkylation sites (tertiary alicyclic amines) is 1. The zero-order chi connectivity index (χ0) is 20.3. The molecule has 1 atom stereocenters. The van der Waals surface area contributed by atoms with Crippen LogP contribution >= 0.6 is 47.1 Å². The lowest BCUT2D eigenvalue weighted by molar-refractivity contribution is 0.245. The molecule has 166 valence electrons. The van der Waals surface area contributed by atoms with Crippen LogP contribution < -0.4 is 15.4 Å². The summed E-state index contributed by atoms with van der Waals surface area (Å²) < 4.78 is 6.45. The van der Waals surface area contributed by atoms with Crippen molar-refractivity contribution >= 4 is 53.0 Å². The molecule has 2 heterocycles. The van der Waals surface area contributed by atoms with Gasteiger partial charge in [0.1, 0.15) is 10.1 Å². The fraction of sp³-hybridized carbons (Fsp3) is 0.524. The number of aromatic nitrogens is 1. The van der Waals surface area contributed by atoms with E-state index in [1.54, 1.807) is 18.4 Å². The topological polar surface area (TPSA) is 61.8 Å². The summed E-state index contributed by atoms with van der Waals surface area (Å²) >= 11 is 3.51. The Morgan fingerprint density at radius 2 is 2.03 bits per heavy atom. The van der Waals surface area contributed by atoms with E-state index < -0.39 is 0 Å². The number of rotatable bonds is 10. The number of thioether (sulfide) groups is 1. The van der Waals surface area contributed by atoms with Crippen molar-refractivity contribution in [3.63, 3.8) is 0 Å². The van der Waals surface area contributed by atoms with Crippen LogP contribution in [0.5, 0.6) is 5.75 Å². The largest absolute Gasteiger partial charge is 0.497 e. The monoisotopic (exact) mass is 561 g/mol.